The molecule has 198 valence electrons. The summed E-state index contributed by atoms with van der Waals surface area (Å²) in [7, 11) is 3.80. The van der Waals surface area contributed by atoms with Gasteiger partial charge >= 0.3 is 0 Å². The highest BCUT2D eigenvalue weighted by atomic mass is 32.1. The van der Waals surface area contributed by atoms with Crippen molar-refractivity contribution in [2.24, 2.45) is 18.4 Å². The van der Waals surface area contributed by atoms with Crippen molar-refractivity contribution in [3.8, 4) is 11.1 Å². The molecule has 37 heavy (non-hydrogen) atoms. The summed E-state index contributed by atoms with van der Waals surface area (Å²) in [5.74, 6) is 2.00. The number of aromatic nitrogens is 2. The Morgan fingerprint density at radius 2 is 1.76 bits per heavy atom. The number of nitrogens with zero attached hydrogens (tertiary/aromatic N) is 2. The Morgan fingerprint density at radius 3 is 2.35 bits per heavy atom. The zero-order valence-corrected chi connectivity index (χ0v) is 23.0. The Kier molecular flexibility index (Phi) is 7.99. The van der Waals surface area contributed by atoms with E-state index in [0.717, 1.165) is 30.6 Å². The number of rotatable bonds is 4. The van der Waals surface area contributed by atoms with Gasteiger partial charge in [0, 0.05) is 18.5 Å². The average molecular weight is 523 g/mol. The fourth-order valence-corrected chi connectivity index (χ4v) is 5.95. The first-order valence-electron chi connectivity index (χ1n) is 12.9. The molecule has 0 aliphatic heterocycles. The van der Waals surface area contributed by atoms with Crippen molar-refractivity contribution in [1.82, 2.24) is 19.6 Å². The summed E-state index contributed by atoms with van der Waals surface area (Å²) in [5.41, 5.74) is 6.63. The van der Waals surface area contributed by atoms with Crippen LogP contribution in [0.2, 0.25) is 0 Å². The molecule has 2 aromatic carbocycles. The van der Waals surface area contributed by atoms with Crippen molar-refractivity contribution in [3.63, 3.8) is 0 Å². The van der Waals surface area contributed by atoms with Crippen molar-refractivity contribution in [3.05, 3.63) is 53.9 Å². The molecule has 3 saturated carbocycles. The highest BCUT2D eigenvalue weighted by Crippen LogP contribution is 2.78. The Morgan fingerprint density at radius 1 is 1.16 bits per heavy atom. The van der Waals surface area contributed by atoms with E-state index in [0.29, 0.717) is 17.2 Å². The third kappa shape index (κ3) is 5.55. The largest absolute Gasteiger partial charge is 0.483 e. The van der Waals surface area contributed by atoms with Crippen LogP contribution < -0.4 is 10.0 Å². The molecule has 2 atom stereocenters. The predicted octanol–water partition coefficient (Wildman–Crippen LogP) is 5.24. The van der Waals surface area contributed by atoms with Crippen LogP contribution in [0.25, 0.3) is 22.2 Å². The normalized spacial score (nSPS) is 27.1. The number of imidazole rings is 1. The summed E-state index contributed by atoms with van der Waals surface area (Å²) in [6, 6.07) is 15.5. The number of carbonyl (C=O) groups excluding carboxylic acids is 1. The lowest BCUT2D eigenvalue weighted by Gasteiger charge is -2.29. The first kappa shape index (κ1) is 27.2. The molecule has 6 rings (SSSR count). The second-order valence-corrected chi connectivity index (χ2v) is 11.4. The Hall–Kier alpha value is -2.84. The van der Waals surface area contributed by atoms with Crippen LogP contribution in [0.3, 0.4) is 0 Å². The van der Waals surface area contributed by atoms with E-state index in [9.17, 15) is 4.79 Å². The number of nitrogens with one attached hydrogen (secondary N) is 2. The standard InChI is InChI=1S/C27H31N3O.CH5NS.CH2O2/c1-17-28-23-14-21(11-12-24(23)30(17)3)19-9-7-18(8-10-19)20-5-4-6-22(13-20)25(31)29-27-15-26(27,2)16-27;1-2-3;2-1-3/h7-12,14,20,22H,4-6,13,15-16H2,1-3H3,(H,29,31);2-3H,1H3;1H,(H,2,3). The molecule has 3 aliphatic rings. The molecule has 0 saturated heterocycles. The van der Waals surface area contributed by atoms with Crippen LogP contribution in [0.4, 0.5) is 0 Å². The number of carbonyl (C=O) groups is 2. The van der Waals surface area contributed by atoms with Gasteiger partial charge in [-0.1, -0.05) is 56.5 Å². The van der Waals surface area contributed by atoms with Gasteiger partial charge in [-0.15, -0.1) is 0 Å². The third-order valence-electron chi connectivity index (χ3n) is 8.52. The average Bonchev–Trinajstić information content (AvgIpc) is 3.61. The Labute approximate surface area is 224 Å². The zero-order valence-electron chi connectivity index (χ0n) is 22.1. The third-order valence-corrected chi connectivity index (χ3v) is 8.52. The number of hydrogen-bond acceptors (Lipinski definition) is 5. The van der Waals surface area contributed by atoms with Gasteiger partial charge in [-0.05, 0) is 86.2 Å². The topological polar surface area (TPSA) is 96.3 Å². The quantitative estimate of drug-likeness (QED) is 0.278. The van der Waals surface area contributed by atoms with Gasteiger partial charge in [0.1, 0.15) is 5.82 Å². The van der Waals surface area contributed by atoms with Gasteiger partial charge in [0.05, 0.1) is 11.0 Å². The molecule has 3 aromatic rings. The molecule has 8 heteroatoms. The van der Waals surface area contributed by atoms with Crippen molar-refractivity contribution in [1.29, 1.82) is 0 Å². The van der Waals surface area contributed by atoms with Gasteiger partial charge in [-0.2, -0.15) is 0 Å². The minimum Gasteiger partial charge on any atom is -0.483 e. The summed E-state index contributed by atoms with van der Waals surface area (Å²) in [6.45, 7) is 4.09. The summed E-state index contributed by atoms with van der Waals surface area (Å²) in [4.78, 5) is 25.9. The predicted molar refractivity (Wildman–Crippen MR) is 151 cm³/mol. The van der Waals surface area contributed by atoms with E-state index in [1.54, 1.807) is 7.05 Å². The lowest BCUT2D eigenvalue weighted by Crippen LogP contribution is -2.37. The molecule has 1 heterocycles. The van der Waals surface area contributed by atoms with E-state index in [1.807, 2.05) is 6.92 Å². The molecule has 0 bridgehead atoms. The number of thiol groups is 1. The molecule has 7 nitrogen and oxygen atoms in total. The van der Waals surface area contributed by atoms with Crippen LogP contribution in [0.15, 0.2) is 42.5 Å². The van der Waals surface area contributed by atoms with Crippen LogP contribution in [0.1, 0.15) is 62.8 Å². The van der Waals surface area contributed by atoms with Crippen molar-refractivity contribution in [2.45, 2.75) is 63.8 Å². The zero-order chi connectivity index (χ0) is 26.8. The lowest BCUT2D eigenvalue weighted by atomic mass is 9.77. The summed E-state index contributed by atoms with van der Waals surface area (Å²) in [6.07, 6.45) is 6.73. The first-order chi connectivity index (χ1) is 17.7. The van der Waals surface area contributed by atoms with Gasteiger partial charge in [0.25, 0.3) is 6.47 Å². The summed E-state index contributed by atoms with van der Waals surface area (Å²) in [5, 5.41) is 10.3. The fraction of sp³-hybridized carbons (Fsp3) is 0.483. The number of amides is 1. The first-order valence-corrected chi connectivity index (χ1v) is 13.4. The molecule has 1 amide bonds. The molecular weight excluding hydrogens is 484 g/mol. The van der Waals surface area contributed by atoms with Gasteiger partial charge < -0.3 is 15.0 Å². The van der Waals surface area contributed by atoms with Crippen LogP contribution in [0, 0.1) is 18.3 Å². The maximum absolute atomic E-state index is 12.9. The van der Waals surface area contributed by atoms with Gasteiger partial charge in [-0.3, -0.25) is 14.3 Å². The second-order valence-electron chi connectivity index (χ2n) is 10.9. The second kappa shape index (κ2) is 10.9. The maximum Gasteiger partial charge on any atom is 0.290 e. The van der Waals surface area contributed by atoms with Crippen LogP contribution in [0.5, 0.6) is 0 Å². The van der Waals surface area contributed by atoms with E-state index >= 15 is 0 Å². The van der Waals surface area contributed by atoms with E-state index in [1.165, 1.54) is 41.5 Å². The highest BCUT2D eigenvalue weighted by molar-refractivity contribution is 7.78. The van der Waals surface area contributed by atoms with E-state index < -0.39 is 0 Å². The summed E-state index contributed by atoms with van der Waals surface area (Å²) < 4.78 is 4.57. The molecular formula is C29H38N4O3S. The van der Waals surface area contributed by atoms with Gasteiger partial charge in [-0.25, -0.2) is 4.98 Å². The minimum absolute atomic E-state index is 0.174. The monoisotopic (exact) mass is 522 g/mol. The molecule has 0 spiro atoms. The number of benzene rings is 2. The van der Waals surface area contributed by atoms with Crippen molar-refractivity contribution in [2.75, 3.05) is 7.05 Å². The van der Waals surface area contributed by atoms with Crippen LogP contribution >= 0.6 is 12.8 Å². The van der Waals surface area contributed by atoms with Crippen LogP contribution in [-0.2, 0) is 16.6 Å². The molecule has 3 fully saturated rings. The highest BCUT2D eigenvalue weighted by Gasteiger charge is 2.81. The van der Waals surface area contributed by atoms with Gasteiger partial charge in [0.15, 0.2) is 0 Å². The van der Waals surface area contributed by atoms with E-state index in [2.05, 4.69) is 88.8 Å². The number of hydrogen-bond donors (Lipinski definition) is 4. The van der Waals surface area contributed by atoms with Gasteiger partial charge in [0.2, 0.25) is 5.91 Å². The molecule has 2 unspecified atom stereocenters. The van der Waals surface area contributed by atoms with Crippen LogP contribution in [-0.4, -0.2) is 39.6 Å². The van der Waals surface area contributed by atoms with Crippen molar-refractivity contribution >= 4 is 36.2 Å². The fourth-order valence-electron chi connectivity index (χ4n) is 5.95. The molecule has 3 aliphatic carbocycles. The lowest BCUT2D eigenvalue weighted by molar-refractivity contribution is -0.126. The number of carboxylic acid groups (broad SMARTS) is 1. The Balaban J connectivity index is 0.000000489. The molecule has 0 radical (unpaired) electrons. The molecule has 3 N–H and O–H groups in total. The van der Waals surface area contributed by atoms with E-state index in [-0.39, 0.29) is 17.9 Å². The summed E-state index contributed by atoms with van der Waals surface area (Å²) >= 11 is 3.54. The number of aryl methyl sites for hydroxylation is 2. The van der Waals surface area contributed by atoms with Crippen molar-refractivity contribution < 1.29 is 14.7 Å². The molecule has 1 aromatic heterocycles. The smallest absolute Gasteiger partial charge is 0.290 e. The Bertz CT molecular complexity index is 1260. The SMILES string of the molecule is CNS.Cc1nc2cc(-c3ccc(C4CCCC(C(=O)NC56CC5(C)C6)C4)cc3)ccc2n1C.O=CO. The van der Waals surface area contributed by atoms with E-state index in [4.69, 9.17) is 9.90 Å². The number of fused-ring (bicyclic) bond motifs is 2. The minimum atomic E-state index is -0.250. The maximum atomic E-state index is 12.9.